The van der Waals surface area contributed by atoms with Crippen molar-refractivity contribution in [1.29, 1.82) is 0 Å². The number of nitrogens with two attached hydrogens (primary N) is 1. The Balaban J connectivity index is 1.81. The molecule has 1 aromatic heterocycles. The largest absolute Gasteiger partial charge is 0.379 e. The number of hydrogen-bond donors (Lipinski definition) is 2. The molecule has 14 heteroatoms. The van der Waals surface area contributed by atoms with E-state index >= 15 is 0 Å². The Morgan fingerprint density at radius 3 is 2.41 bits per heavy atom. The van der Waals surface area contributed by atoms with Crippen molar-refractivity contribution in [2.45, 2.75) is 36.5 Å². The number of pyridine rings is 1. The number of oxime groups is 1. The molecule has 0 amide bonds. The van der Waals surface area contributed by atoms with Gasteiger partial charge in [-0.25, -0.2) is 18.2 Å². The van der Waals surface area contributed by atoms with Gasteiger partial charge in [0.05, 0.1) is 6.61 Å². The highest BCUT2D eigenvalue weighted by Gasteiger charge is 2.30. The molecule has 39 heavy (non-hydrogen) atoms. The second kappa shape index (κ2) is 13.4. The van der Waals surface area contributed by atoms with Gasteiger partial charge in [0.25, 0.3) is 5.96 Å². The number of hydroxylamine groups is 1. The van der Waals surface area contributed by atoms with Crippen LogP contribution >= 0.6 is 0 Å². The summed E-state index contributed by atoms with van der Waals surface area (Å²) in [7, 11) is -7.39. The number of likely N-dealkylation sites (N-methyl/N-ethyl adjacent to an activating group) is 1. The SMILES string of the molecule is CCCONC(N)=NOc1cc(C)cc(OS(=O)(=O)c2ccccc2S(=O)(=O)N(C)CCc2ccccn2)c1. The maximum absolute atomic E-state index is 13.3. The van der Waals surface area contributed by atoms with Gasteiger partial charge in [0.2, 0.25) is 10.0 Å². The first-order valence-corrected chi connectivity index (χ1v) is 14.8. The van der Waals surface area contributed by atoms with Gasteiger partial charge in [-0.1, -0.05) is 25.1 Å². The van der Waals surface area contributed by atoms with Gasteiger partial charge in [0.1, 0.15) is 15.5 Å². The van der Waals surface area contributed by atoms with Crippen molar-refractivity contribution in [1.82, 2.24) is 14.8 Å². The molecule has 3 N–H and O–H groups in total. The number of aromatic nitrogens is 1. The third kappa shape index (κ3) is 8.38. The second-order valence-electron chi connectivity index (χ2n) is 8.38. The summed E-state index contributed by atoms with van der Waals surface area (Å²) >= 11 is 0. The zero-order valence-electron chi connectivity index (χ0n) is 21.8. The Bertz CT molecular complexity index is 1500. The van der Waals surface area contributed by atoms with Gasteiger partial charge in [-0.15, -0.1) is 0 Å². The van der Waals surface area contributed by atoms with E-state index in [1.54, 1.807) is 37.4 Å². The van der Waals surface area contributed by atoms with Gasteiger partial charge in [-0.3, -0.25) is 9.82 Å². The number of hydrogen-bond acceptors (Lipinski definition) is 9. The van der Waals surface area contributed by atoms with Crippen LogP contribution in [-0.2, 0) is 31.4 Å². The molecule has 3 aromatic rings. The fourth-order valence-corrected chi connectivity index (χ4v) is 6.17. The number of rotatable bonds is 13. The van der Waals surface area contributed by atoms with Crippen LogP contribution in [0.4, 0.5) is 0 Å². The fourth-order valence-electron chi connectivity index (χ4n) is 3.31. The Morgan fingerprint density at radius 2 is 1.72 bits per heavy atom. The van der Waals surface area contributed by atoms with Crippen molar-refractivity contribution in [3.8, 4) is 11.5 Å². The molecule has 0 aliphatic heterocycles. The van der Waals surface area contributed by atoms with E-state index in [1.807, 2.05) is 6.92 Å². The summed E-state index contributed by atoms with van der Waals surface area (Å²) in [6, 6.07) is 14.9. The average Bonchev–Trinajstić information content (AvgIpc) is 2.90. The lowest BCUT2D eigenvalue weighted by atomic mass is 10.2. The Kier molecular flexibility index (Phi) is 10.2. The number of guanidine groups is 1. The molecule has 0 atom stereocenters. The predicted molar refractivity (Wildman–Crippen MR) is 145 cm³/mol. The minimum Gasteiger partial charge on any atom is -0.379 e. The summed E-state index contributed by atoms with van der Waals surface area (Å²) in [5.41, 5.74) is 9.35. The molecular formula is C25H31N5O7S2. The molecule has 12 nitrogen and oxygen atoms in total. The lowest BCUT2D eigenvalue weighted by Crippen LogP contribution is -2.32. The van der Waals surface area contributed by atoms with Crippen molar-refractivity contribution >= 4 is 26.1 Å². The fraction of sp³-hybridized carbons (Fsp3) is 0.280. The normalized spacial score (nSPS) is 12.4. The zero-order valence-corrected chi connectivity index (χ0v) is 23.4. The van der Waals surface area contributed by atoms with Crippen LogP contribution in [0.1, 0.15) is 24.6 Å². The summed E-state index contributed by atoms with van der Waals surface area (Å²) < 4.78 is 59.6. The van der Waals surface area contributed by atoms with E-state index in [-0.39, 0.29) is 24.0 Å². The molecule has 0 unspecified atom stereocenters. The van der Waals surface area contributed by atoms with Crippen LogP contribution in [-0.4, -0.2) is 52.3 Å². The van der Waals surface area contributed by atoms with Crippen LogP contribution in [0.5, 0.6) is 11.5 Å². The minimum absolute atomic E-state index is 0.0924. The summed E-state index contributed by atoms with van der Waals surface area (Å²) in [5, 5.41) is 3.67. The topological polar surface area (TPSA) is 163 Å². The molecule has 0 bridgehead atoms. The van der Waals surface area contributed by atoms with E-state index in [4.69, 9.17) is 19.6 Å². The van der Waals surface area contributed by atoms with Gasteiger partial charge in [-0.2, -0.15) is 8.42 Å². The Labute approximate surface area is 228 Å². The van der Waals surface area contributed by atoms with Crippen molar-refractivity contribution in [3.63, 3.8) is 0 Å². The highest BCUT2D eigenvalue weighted by molar-refractivity contribution is 7.91. The van der Waals surface area contributed by atoms with E-state index in [2.05, 4.69) is 15.6 Å². The second-order valence-corrected chi connectivity index (χ2v) is 11.9. The first kappa shape index (κ1) is 29.8. The number of nitrogens with zero attached hydrogens (tertiary/aromatic N) is 3. The van der Waals surface area contributed by atoms with Crippen molar-refractivity contribution in [2.24, 2.45) is 10.9 Å². The van der Waals surface area contributed by atoms with E-state index in [9.17, 15) is 16.8 Å². The standard InChI is InChI=1S/C25H31N5O7S2/c1-4-15-35-28-25(26)29-36-21-16-19(2)17-22(18-21)37-39(33,34)24-11-6-5-10-23(24)38(31,32)30(3)14-12-20-9-7-8-13-27-20/h5-11,13,16-18H,4,12,14-15H2,1-3H3,(H3,26,28,29). The maximum Gasteiger partial charge on any atom is 0.340 e. The Morgan fingerprint density at radius 1 is 1.03 bits per heavy atom. The first-order valence-electron chi connectivity index (χ1n) is 11.9. The highest BCUT2D eigenvalue weighted by atomic mass is 32.2. The van der Waals surface area contributed by atoms with Gasteiger partial charge in [0.15, 0.2) is 5.75 Å². The summed E-state index contributed by atoms with van der Waals surface area (Å²) in [6.07, 6.45) is 2.73. The predicted octanol–water partition coefficient (Wildman–Crippen LogP) is 2.56. The molecule has 0 radical (unpaired) electrons. The monoisotopic (exact) mass is 577 g/mol. The highest BCUT2D eigenvalue weighted by Crippen LogP contribution is 2.29. The van der Waals surface area contributed by atoms with Crippen molar-refractivity contribution in [2.75, 3.05) is 20.2 Å². The third-order valence-electron chi connectivity index (χ3n) is 5.18. The van der Waals surface area contributed by atoms with Crippen LogP contribution in [0.25, 0.3) is 0 Å². The molecule has 0 spiro atoms. The average molecular weight is 578 g/mol. The lowest BCUT2D eigenvalue weighted by Gasteiger charge is -2.19. The van der Waals surface area contributed by atoms with Crippen LogP contribution in [0, 0.1) is 6.92 Å². The molecule has 3 rings (SSSR count). The minimum atomic E-state index is -4.57. The molecule has 0 aliphatic rings. The first-order chi connectivity index (χ1) is 18.5. The Hall–Kier alpha value is -3.72. The van der Waals surface area contributed by atoms with Crippen LogP contribution in [0.15, 0.2) is 81.8 Å². The summed E-state index contributed by atoms with van der Waals surface area (Å²) in [4.78, 5) is 13.6. The molecular weight excluding hydrogens is 546 g/mol. The van der Waals surface area contributed by atoms with E-state index in [1.165, 1.54) is 43.4 Å². The van der Waals surface area contributed by atoms with Gasteiger partial charge in [-0.05, 0) is 60.5 Å². The molecule has 2 aromatic carbocycles. The zero-order chi connectivity index (χ0) is 28.5. The van der Waals surface area contributed by atoms with Gasteiger partial charge >= 0.3 is 10.1 Å². The van der Waals surface area contributed by atoms with Gasteiger partial charge < -0.3 is 14.8 Å². The quantitative estimate of drug-likeness (QED) is 0.101. The van der Waals surface area contributed by atoms with Crippen LogP contribution in [0.2, 0.25) is 0 Å². The van der Waals surface area contributed by atoms with Crippen LogP contribution < -0.4 is 20.2 Å². The molecule has 210 valence electrons. The van der Waals surface area contributed by atoms with E-state index < -0.39 is 29.9 Å². The number of nitrogens with one attached hydrogen (secondary N) is 1. The third-order valence-corrected chi connectivity index (χ3v) is 8.53. The van der Waals surface area contributed by atoms with E-state index in [0.717, 1.165) is 10.7 Å². The summed E-state index contributed by atoms with van der Waals surface area (Å²) in [6.45, 7) is 4.11. The van der Waals surface area contributed by atoms with Crippen LogP contribution in [0.3, 0.4) is 0 Å². The summed E-state index contributed by atoms with van der Waals surface area (Å²) in [5.74, 6) is -0.119. The molecule has 0 saturated carbocycles. The molecule has 0 aliphatic carbocycles. The van der Waals surface area contributed by atoms with E-state index in [0.29, 0.717) is 24.3 Å². The molecule has 0 fully saturated rings. The number of sulfonamides is 1. The van der Waals surface area contributed by atoms with Crippen molar-refractivity contribution in [3.05, 3.63) is 78.1 Å². The lowest BCUT2D eigenvalue weighted by molar-refractivity contribution is 0.0824. The number of aryl methyl sites for hydroxylation is 1. The smallest absolute Gasteiger partial charge is 0.340 e. The molecule has 1 heterocycles. The van der Waals surface area contributed by atoms with Crippen molar-refractivity contribution < 1.29 is 30.7 Å². The number of benzene rings is 2. The maximum atomic E-state index is 13.3. The molecule has 0 saturated heterocycles. The van der Waals surface area contributed by atoms with Gasteiger partial charge in [0, 0.05) is 38.0 Å².